The molecule has 0 radical (unpaired) electrons. The summed E-state index contributed by atoms with van der Waals surface area (Å²) in [5.74, 6) is 0.346. The first-order chi connectivity index (χ1) is 11.7. The van der Waals surface area contributed by atoms with Crippen LogP contribution in [-0.2, 0) is 22.5 Å². The molecule has 136 valence electrons. The van der Waals surface area contributed by atoms with Crippen molar-refractivity contribution in [2.45, 2.75) is 44.6 Å². The Labute approximate surface area is 150 Å². The number of ether oxygens (including phenoxy) is 2. The lowest BCUT2D eigenvalue weighted by molar-refractivity contribution is -0.118. The zero-order valence-corrected chi connectivity index (χ0v) is 15.5. The number of benzene rings is 1. The van der Waals surface area contributed by atoms with E-state index in [-0.39, 0.29) is 17.7 Å². The summed E-state index contributed by atoms with van der Waals surface area (Å²) in [6.07, 6.45) is -0.0950. The van der Waals surface area contributed by atoms with Gasteiger partial charge in [0.05, 0.1) is 12.4 Å². The fourth-order valence-corrected chi connectivity index (χ4v) is 3.18. The highest BCUT2D eigenvalue weighted by Crippen LogP contribution is 2.26. The number of rotatable bonds is 5. The van der Waals surface area contributed by atoms with Crippen LogP contribution in [0.15, 0.2) is 18.2 Å². The lowest BCUT2D eigenvalue weighted by Gasteiger charge is -2.20. The molecule has 7 nitrogen and oxygen atoms in total. The largest absolute Gasteiger partial charge is 0.496 e. The van der Waals surface area contributed by atoms with Gasteiger partial charge in [-0.05, 0) is 38.8 Å². The molecule has 1 atom stereocenters. The molecule has 0 aliphatic carbocycles. The van der Waals surface area contributed by atoms with E-state index in [9.17, 15) is 14.4 Å². The number of carbonyl (C=O) groups is 3. The van der Waals surface area contributed by atoms with Crippen LogP contribution in [0.5, 0.6) is 5.75 Å². The first-order valence-corrected chi connectivity index (χ1v) is 8.70. The molecular weight excluding hydrogens is 344 g/mol. The van der Waals surface area contributed by atoms with Crippen LogP contribution in [0.3, 0.4) is 0 Å². The Morgan fingerprint density at radius 2 is 2.04 bits per heavy atom. The third-order valence-electron chi connectivity index (χ3n) is 3.35. The zero-order chi connectivity index (χ0) is 18.6. The van der Waals surface area contributed by atoms with Gasteiger partial charge in [-0.15, -0.1) is 0 Å². The van der Waals surface area contributed by atoms with Gasteiger partial charge < -0.3 is 14.8 Å². The second kappa shape index (κ2) is 7.77. The van der Waals surface area contributed by atoms with E-state index in [0.717, 1.165) is 22.9 Å². The highest BCUT2D eigenvalue weighted by Gasteiger charge is 2.31. The van der Waals surface area contributed by atoms with Gasteiger partial charge >= 0.3 is 6.09 Å². The molecule has 0 bridgehead atoms. The molecule has 1 aliphatic rings. The Morgan fingerprint density at radius 3 is 2.60 bits per heavy atom. The maximum atomic E-state index is 11.8. The number of imide groups is 1. The van der Waals surface area contributed by atoms with Gasteiger partial charge in [-0.2, -0.15) is 0 Å². The van der Waals surface area contributed by atoms with E-state index in [2.05, 4.69) is 10.6 Å². The van der Waals surface area contributed by atoms with Crippen molar-refractivity contribution in [1.29, 1.82) is 0 Å². The van der Waals surface area contributed by atoms with E-state index in [0.29, 0.717) is 12.2 Å². The van der Waals surface area contributed by atoms with E-state index in [1.165, 1.54) is 0 Å². The number of methoxy groups -OCH3 is 1. The van der Waals surface area contributed by atoms with E-state index < -0.39 is 16.9 Å². The van der Waals surface area contributed by atoms with Crippen LogP contribution >= 0.6 is 11.8 Å². The molecule has 3 amide bonds. The fraction of sp³-hybridized carbons (Fsp3) is 0.471. The summed E-state index contributed by atoms with van der Waals surface area (Å²) < 4.78 is 10.5. The SMILES string of the molecule is COc1ccc(CC2SC(=O)NC2=O)cc1CNC(=O)OC(C)(C)C. The van der Waals surface area contributed by atoms with E-state index in [1.807, 2.05) is 12.1 Å². The van der Waals surface area contributed by atoms with E-state index in [1.54, 1.807) is 33.9 Å². The second-order valence-electron chi connectivity index (χ2n) is 6.59. The summed E-state index contributed by atoms with van der Waals surface area (Å²) in [5, 5.41) is 4.20. The summed E-state index contributed by atoms with van der Waals surface area (Å²) >= 11 is 0.988. The van der Waals surface area contributed by atoms with Crippen molar-refractivity contribution in [1.82, 2.24) is 10.6 Å². The molecule has 8 heteroatoms. The molecule has 0 saturated carbocycles. The molecule has 1 saturated heterocycles. The van der Waals surface area contributed by atoms with Crippen molar-refractivity contribution in [3.63, 3.8) is 0 Å². The van der Waals surface area contributed by atoms with Crippen LogP contribution in [0, 0.1) is 0 Å². The minimum Gasteiger partial charge on any atom is -0.496 e. The first-order valence-electron chi connectivity index (χ1n) is 7.82. The molecule has 0 spiro atoms. The molecule has 1 aromatic carbocycles. The molecule has 1 fully saturated rings. The normalized spacial score (nSPS) is 17.2. The number of nitrogens with one attached hydrogen (secondary N) is 2. The number of hydrogen-bond donors (Lipinski definition) is 2. The minimum absolute atomic E-state index is 0.231. The molecule has 2 N–H and O–H groups in total. The highest BCUT2D eigenvalue weighted by atomic mass is 32.2. The van der Waals surface area contributed by atoms with Crippen molar-refractivity contribution in [2.75, 3.05) is 7.11 Å². The molecule has 1 unspecified atom stereocenters. The van der Waals surface area contributed by atoms with Gasteiger partial charge in [0.15, 0.2) is 0 Å². The Hall–Kier alpha value is -2.22. The molecule has 0 aromatic heterocycles. The zero-order valence-electron chi connectivity index (χ0n) is 14.7. The molecule has 25 heavy (non-hydrogen) atoms. The summed E-state index contributed by atoms with van der Waals surface area (Å²) in [6, 6.07) is 5.47. The monoisotopic (exact) mass is 366 g/mol. The minimum atomic E-state index is -0.574. The third-order valence-corrected chi connectivity index (χ3v) is 4.34. The summed E-state index contributed by atoms with van der Waals surface area (Å²) in [5.41, 5.74) is 1.07. The lowest BCUT2D eigenvalue weighted by Crippen LogP contribution is -2.32. The van der Waals surface area contributed by atoms with Crippen LogP contribution in [0.1, 0.15) is 31.9 Å². The lowest BCUT2D eigenvalue weighted by atomic mass is 10.0. The first kappa shape index (κ1) is 19.1. The third kappa shape index (κ3) is 5.67. The maximum absolute atomic E-state index is 11.8. The summed E-state index contributed by atoms with van der Waals surface area (Å²) in [6.45, 7) is 5.60. The van der Waals surface area contributed by atoms with E-state index in [4.69, 9.17) is 9.47 Å². The van der Waals surface area contributed by atoms with Crippen LogP contribution in [-0.4, -0.2) is 35.2 Å². The van der Waals surface area contributed by atoms with Gasteiger partial charge in [0.25, 0.3) is 5.24 Å². The van der Waals surface area contributed by atoms with Gasteiger partial charge in [0.2, 0.25) is 5.91 Å². The van der Waals surface area contributed by atoms with E-state index >= 15 is 0 Å². The van der Waals surface area contributed by atoms with Gasteiger partial charge in [0, 0.05) is 12.1 Å². The molecule has 1 aromatic rings. The van der Waals surface area contributed by atoms with Crippen molar-refractivity contribution in [2.24, 2.45) is 0 Å². The van der Waals surface area contributed by atoms with Crippen molar-refractivity contribution in [3.8, 4) is 5.75 Å². The fourth-order valence-electron chi connectivity index (χ4n) is 2.32. The predicted molar refractivity (Wildman–Crippen MR) is 94.7 cm³/mol. The maximum Gasteiger partial charge on any atom is 0.407 e. The number of alkyl carbamates (subject to hydrolysis) is 1. The average Bonchev–Trinajstić information content (AvgIpc) is 2.81. The number of amides is 3. The van der Waals surface area contributed by atoms with Crippen LogP contribution < -0.4 is 15.4 Å². The van der Waals surface area contributed by atoms with Crippen molar-refractivity contribution in [3.05, 3.63) is 29.3 Å². The van der Waals surface area contributed by atoms with Gasteiger partial charge in [-0.3, -0.25) is 14.9 Å². The van der Waals surface area contributed by atoms with Gasteiger partial charge in [0.1, 0.15) is 11.4 Å². The summed E-state index contributed by atoms with van der Waals surface area (Å²) in [4.78, 5) is 34.8. The van der Waals surface area contributed by atoms with Crippen LogP contribution in [0.4, 0.5) is 9.59 Å². The summed E-state index contributed by atoms with van der Waals surface area (Å²) in [7, 11) is 1.55. The Bertz CT molecular complexity index is 684. The molecule has 2 rings (SSSR count). The van der Waals surface area contributed by atoms with Gasteiger partial charge in [-0.1, -0.05) is 23.9 Å². The van der Waals surface area contributed by atoms with Crippen LogP contribution in [0.2, 0.25) is 0 Å². The number of hydrogen-bond acceptors (Lipinski definition) is 6. The average molecular weight is 366 g/mol. The highest BCUT2D eigenvalue weighted by molar-refractivity contribution is 8.15. The Kier molecular flexibility index (Phi) is 5.94. The molecule has 1 heterocycles. The van der Waals surface area contributed by atoms with Crippen LogP contribution in [0.25, 0.3) is 0 Å². The molecule has 1 aliphatic heterocycles. The van der Waals surface area contributed by atoms with Gasteiger partial charge in [-0.25, -0.2) is 4.79 Å². The predicted octanol–water partition coefficient (Wildman–Crippen LogP) is 2.61. The second-order valence-corrected chi connectivity index (χ2v) is 7.76. The molecular formula is C17H22N2O5S. The Morgan fingerprint density at radius 1 is 1.32 bits per heavy atom. The Balaban J connectivity index is 2.05. The standard InChI is InChI=1S/C17H22N2O5S/c1-17(2,3)24-15(21)18-9-11-7-10(5-6-12(11)23-4)8-13-14(20)19-16(22)25-13/h5-7,13H,8-9H2,1-4H3,(H,18,21)(H,19,20,22). The van der Waals surface area contributed by atoms with Crippen molar-refractivity contribution < 1.29 is 23.9 Å². The topological polar surface area (TPSA) is 93.7 Å². The number of carbonyl (C=O) groups excluding carboxylic acids is 3. The quantitative estimate of drug-likeness (QED) is 0.832. The smallest absolute Gasteiger partial charge is 0.407 e. The van der Waals surface area contributed by atoms with Crippen molar-refractivity contribution >= 4 is 29.0 Å². The number of thioether (sulfide) groups is 1.